The van der Waals surface area contributed by atoms with Crippen molar-refractivity contribution >= 4 is 28.8 Å². The van der Waals surface area contributed by atoms with Crippen molar-refractivity contribution in [2.45, 2.75) is 6.92 Å². The first-order chi connectivity index (χ1) is 9.99. The quantitative estimate of drug-likeness (QED) is 0.755. The second-order valence-corrected chi connectivity index (χ2v) is 6.43. The highest BCUT2D eigenvalue weighted by Gasteiger charge is 2.23. The molecule has 0 aliphatic carbocycles. The number of aromatic nitrogens is 2. The predicted octanol–water partition coefficient (Wildman–Crippen LogP) is 4.50. The molecule has 0 aliphatic heterocycles. The molecule has 0 bridgehead atoms. The summed E-state index contributed by atoms with van der Waals surface area (Å²) in [5, 5.41) is 4.75. The fraction of sp³-hybridized carbons (Fsp3) is 0.133. The van der Waals surface area contributed by atoms with E-state index in [2.05, 4.69) is 5.10 Å². The molecule has 0 fully saturated rings. The number of hydrogen-bond acceptors (Lipinski definition) is 3. The molecule has 1 aromatic carbocycles. The van der Waals surface area contributed by atoms with E-state index in [1.807, 2.05) is 19.1 Å². The third-order valence-electron chi connectivity index (χ3n) is 3.28. The van der Waals surface area contributed by atoms with Gasteiger partial charge in [-0.15, -0.1) is 11.3 Å². The molecule has 2 aromatic heterocycles. The van der Waals surface area contributed by atoms with Crippen LogP contribution < -0.4 is 5.73 Å². The van der Waals surface area contributed by atoms with E-state index in [1.54, 1.807) is 35.2 Å². The van der Waals surface area contributed by atoms with Gasteiger partial charge in [0.25, 0.3) is 0 Å². The van der Waals surface area contributed by atoms with Crippen molar-refractivity contribution < 1.29 is 4.39 Å². The van der Waals surface area contributed by atoms with Crippen molar-refractivity contribution in [2.24, 2.45) is 7.05 Å². The summed E-state index contributed by atoms with van der Waals surface area (Å²) in [5.41, 5.74) is 7.59. The monoisotopic (exact) mass is 321 g/mol. The molecule has 0 saturated carbocycles. The molecule has 3 rings (SSSR count). The summed E-state index contributed by atoms with van der Waals surface area (Å²) < 4.78 is 15.8. The lowest BCUT2D eigenvalue weighted by Crippen LogP contribution is -1.98. The standard InChI is InChI=1S/C15H13ClFN3S/c1-8-6-7-11(21-8)14-13(15(18)20(2)19-14)12-9(16)4-3-5-10(12)17/h3-7H,18H2,1-2H3. The minimum Gasteiger partial charge on any atom is -0.383 e. The highest BCUT2D eigenvalue weighted by atomic mass is 35.5. The second kappa shape index (κ2) is 5.16. The first-order valence-corrected chi connectivity index (χ1v) is 7.52. The zero-order chi connectivity index (χ0) is 15.1. The third-order valence-corrected chi connectivity index (χ3v) is 4.60. The molecule has 21 heavy (non-hydrogen) atoms. The van der Waals surface area contributed by atoms with E-state index in [4.69, 9.17) is 17.3 Å². The van der Waals surface area contributed by atoms with E-state index < -0.39 is 5.82 Å². The summed E-state index contributed by atoms with van der Waals surface area (Å²) in [7, 11) is 1.73. The van der Waals surface area contributed by atoms with Crippen LogP contribution in [0.3, 0.4) is 0 Å². The van der Waals surface area contributed by atoms with Crippen LogP contribution >= 0.6 is 22.9 Å². The zero-order valence-corrected chi connectivity index (χ0v) is 13.1. The Morgan fingerprint density at radius 3 is 2.62 bits per heavy atom. The number of hydrogen-bond donors (Lipinski definition) is 1. The fourth-order valence-corrected chi connectivity index (χ4v) is 3.37. The Kier molecular flexibility index (Phi) is 3.47. The molecule has 6 heteroatoms. The summed E-state index contributed by atoms with van der Waals surface area (Å²) in [5.74, 6) is -0.0141. The molecule has 0 amide bonds. The number of nitrogens with two attached hydrogens (primary N) is 1. The number of nitrogens with zero attached hydrogens (tertiary/aromatic N) is 2. The van der Waals surface area contributed by atoms with Crippen LogP contribution in [0.25, 0.3) is 21.7 Å². The smallest absolute Gasteiger partial charge is 0.132 e. The van der Waals surface area contributed by atoms with Gasteiger partial charge in [0, 0.05) is 17.5 Å². The Balaban J connectivity index is 2.32. The van der Waals surface area contributed by atoms with Gasteiger partial charge in [0.2, 0.25) is 0 Å². The Bertz CT molecular complexity index is 802. The minimum absolute atomic E-state index is 0.297. The van der Waals surface area contributed by atoms with Crippen molar-refractivity contribution in [3.8, 4) is 21.7 Å². The van der Waals surface area contributed by atoms with Gasteiger partial charge in [0.15, 0.2) is 0 Å². The van der Waals surface area contributed by atoms with Crippen LogP contribution in [0.4, 0.5) is 10.2 Å². The Labute approximate surface area is 130 Å². The van der Waals surface area contributed by atoms with Gasteiger partial charge in [-0.05, 0) is 31.2 Å². The van der Waals surface area contributed by atoms with Crippen molar-refractivity contribution in [1.29, 1.82) is 0 Å². The number of anilines is 1. The summed E-state index contributed by atoms with van der Waals surface area (Å²) in [6.07, 6.45) is 0. The molecule has 3 nitrogen and oxygen atoms in total. The van der Waals surface area contributed by atoms with Crippen LogP contribution in [-0.4, -0.2) is 9.78 Å². The first kappa shape index (κ1) is 14.1. The van der Waals surface area contributed by atoms with Gasteiger partial charge < -0.3 is 5.73 Å². The number of benzene rings is 1. The zero-order valence-electron chi connectivity index (χ0n) is 11.5. The van der Waals surface area contributed by atoms with Crippen molar-refractivity contribution in [3.63, 3.8) is 0 Å². The van der Waals surface area contributed by atoms with E-state index in [-0.39, 0.29) is 0 Å². The lowest BCUT2D eigenvalue weighted by atomic mass is 10.0. The van der Waals surface area contributed by atoms with Crippen LogP contribution in [0.1, 0.15) is 4.88 Å². The lowest BCUT2D eigenvalue weighted by molar-refractivity contribution is 0.631. The average molecular weight is 322 g/mol. The molecule has 0 radical (unpaired) electrons. The maximum atomic E-state index is 14.3. The van der Waals surface area contributed by atoms with Gasteiger partial charge in [0.1, 0.15) is 17.3 Å². The molecule has 108 valence electrons. The van der Waals surface area contributed by atoms with Gasteiger partial charge >= 0.3 is 0 Å². The van der Waals surface area contributed by atoms with Crippen molar-refractivity contribution in [2.75, 3.05) is 5.73 Å². The highest BCUT2D eigenvalue weighted by Crippen LogP contribution is 2.42. The minimum atomic E-state index is -0.406. The first-order valence-electron chi connectivity index (χ1n) is 6.32. The molecule has 0 spiro atoms. The molecular formula is C15H13ClFN3S. The normalized spacial score (nSPS) is 11.0. The molecule has 3 aromatic rings. The Morgan fingerprint density at radius 2 is 2.00 bits per heavy atom. The topological polar surface area (TPSA) is 43.8 Å². The van der Waals surface area contributed by atoms with E-state index in [0.717, 1.165) is 9.75 Å². The number of halogens is 2. The lowest BCUT2D eigenvalue weighted by Gasteiger charge is -2.07. The Morgan fingerprint density at radius 1 is 1.24 bits per heavy atom. The summed E-state index contributed by atoms with van der Waals surface area (Å²) in [6.45, 7) is 2.01. The maximum Gasteiger partial charge on any atom is 0.132 e. The number of aryl methyl sites for hydroxylation is 2. The largest absolute Gasteiger partial charge is 0.383 e. The van der Waals surface area contributed by atoms with Crippen molar-refractivity contribution in [3.05, 3.63) is 46.0 Å². The van der Waals surface area contributed by atoms with E-state index in [1.165, 1.54) is 6.07 Å². The van der Waals surface area contributed by atoms with Crippen LogP contribution in [-0.2, 0) is 7.05 Å². The van der Waals surface area contributed by atoms with Gasteiger partial charge in [-0.3, -0.25) is 4.68 Å². The van der Waals surface area contributed by atoms with E-state index in [9.17, 15) is 4.39 Å². The number of rotatable bonds is 2. The number of thiophene rings is 1. The van der Waals surface area contributed by atoms with Crippen molar-refractivity contribution in [1.82, 2.24) is 9.78 Å². The summed E-state index contributed by atoms with van der Waals surface area (Å²) in [4.78, 5) is 2.09. The Hall–Kier alpha value is -1.85. The van der Waals surface area contributed by atoms with Gasteiger partial charge in [-0.1, -0.05) is 17.7 Å². The average Bonchev–Trinajstić information content (AvgIpc) is 2.97. The molecule has 0 aliphatic rings. The predicted molar refractivity (Wildman–Crippen MR) is 86.1 cm³/mol. The van der Waals surface area contributed by atoms with Crippen LogP contribution in [0.5, 0.6) is 0 Å². The summed E-state index contributed by atoms with van der Waals surface area (Å²) >= 11 is 7.77. The SMILES string of the molecule is Cc1ccc(-c2nn(C)c(N)c2-c2c(F)cccc2Cl)s1. The second-order valence-electron chi connectivity index (χ2n) is 4.74. The molecule has 0 atom stereocenters. The molecule has 0 saturated heterocycles. The molecular weight excluding hydrogens is 309 g/mol. The third kappa shape index (κ3) is 2.32. The maximum absolute atomic E-state index is 14.3. The number of nitrogen functional groups attached to an aromatic ring is 1. The van der Waals surface area contributed by atoms with Gasteiger partial charge in [-0.25, -0.2) is 4.39 Å². The highest BCUT2D eigenvalue weighted by molar-refractivity contribution is 7.15. The summed E-state index contributed by atoms with van der Waals surface area (Å²) in [6, 6.07) is 8.55. The van der Waals surface area contributed by atoms with Gasteiger partial charge in [0.05, 0.1) is 15.5 Å². The van der Waals surface area contributed by atoms with E-state index in [0.29, 0.717) is 27.7 Å². The molecule has 2 heterocycles. The molecule has 2 N–H and O–H groups in total. The van der Waals surface area contributed by atoms with Gasteiger partial charge in [-0.2, -0.15) is 5.10 Å². The van der Waals surface area contributed by atoms with Crippen LogP contribution in [0.15, 0.2) is 30.3 Å². The van der Waals surface area contributed by atoms with E-state index >= 15 is 0 Å². The molecule has 0 unspecified atom stereocenters. The van der Waals surface area contributed by atoms with Crippen LogP contribution in [0.2, 0.25) is 5.02 Å². The van der Waals surface area contributed by atoms with Crippen LogP contribution in [0, 0.1) is 12.7 Å². The fourth-order valence-electron chi connectivity index (χ4n) is 2.25.